The van der Waals surface area contributed by atoms with Gasteiger partial charge in [0, 0.05) is 24.2 Å². The maximum absolute atomic E-state index is 6.09. The van der Waals surface area contributed by atoms with Crippen LogP contribution in [0.25, 0.3) is 11.0 Å². The van der Waals surface area contributed by atoms with Crippen LogP contribution in [0.3, 0.4) is 0 Å². The van der Waals surface area contributed by atoms with Gasteiger partial charge in [0.25, 0.3) is 0 Å². The molecule has 2 heterocycles. The van der Waals surface area contributed by atoms with E-state index >= 15 is 0 Å². The smallest absolute Gasteiger partial charge is 0.111 e. The van der Waals surface area contributed by atoms with Gasteiger partial charge < -0.3 is 10.3 Å². The van der Waals surface area contributed by atoms with Crippen LogP contribution < -0.4 is 5.73 Å². The molecule has 0 bridgehead atoms. The van der Waals surface area contributed by atoms with Gasteiger partial charge in [0.2, 0.25) is 0 Å². The van der Waals surface area contributed by atoms with E-state index in [2.05, 4.69) is 28.4 Å². The molecule has 2 rings (SSSR count). The first-order chi connectivity index (χ1) is 7.88. The van der Waals surface area contributed by atoms with Crippen LogP contribution in [0.5, 0.6) is 0 Å². The molecule has 0 fully saturated rings. The number of pyridine rings is 1. The van der Waals surface area contributed by atoms with E-state index in [0.29, 0.717) is 6.04 Å². The topological polar surface area (TPSA) is 56.7 Å². The van der Waals surface area contributed by atoms with E-state index in [1.54, 1.807) is 12.4 Å². The Hall–Kier alpha value is -1.42. The van der Waals surface area contributed by atoms with Crippen LogP contribution in [0.4, 0.5) is 0 Å². The maximum atomic E-state index is 6.09. The summed E-state index contributed by atoms with van der Waals surface area (Å²) in [5.41, 5.74) is 7.92. The van der Waals surface area contributed by atoms with E-state index < -0.39 is 0 Å². The summed E-state index contributed by atoms with van der Waals surface area (Å²) in [6.45, 7) is 8.37. The fraction of sp³-hybridized carbons (Fsp3) is 0.538. The van der Waals surface area contributed by atoms with Crippen LogP contribution in [0.1, 0.15) is 39.6 Å². The second-order valence-electron chi connectivity index (χ2n) is 5.52. The van der Waals surface area contributed by atoms with Gasteiger partial charge in [-0.2, -0.15) is 0 Å². The lowest BCUT2D eigenvalue weighted by molar-refractivity contribution is 0.475. The van der Waals surface area contributed by atoms with E-state index in [0.717, 1.165) is 23.3 Å². The van der Waals surface area contributed by atoms with Crippen molar-refractivity contribution in [3.8, 4) is 0 Å². The Labute approximate surface area is 102 Å². The predicted octanol–water partition coefficient (Wildman–Crippen LogP) is 2.29. The van der Waals surface area contributed by atoms with Crippen LogP contribution in [0.15, 0.2) is 18.5 Å². The van der Waals surface area contributed by atoms with E-state index in [1.165, 1.54) is 0 Å². The van der Waals surface area contributed by atoms with Crippen molar-refractivity contribution >= 4 is 11.0 Å². The summed E-state index contributed by atoms with van der Waals surface area (Å²) in [5, 5.41) is 0. The van der Waals surface area contributed by atoms with Crippen LogP contribution in [-0.4, -0.2) is 20.1 Å². The van der Waals surface area contributed by atoms with Gasteiger partial charge >= 0.3 is 0 Å². The van der Waals surface area contributed by atoms with Crippen LogP contribution in [0.2, 0.25) is 0 Å². The first kappa shape index (κ1) is 12.0. The minimum Gasteiger partial charge on any atom is -0.325 e. The molecule has 0 aliphatic rings. The van der Waals surface area contributed by atoms with E-state index in [1.807, 2.05) is 19.9 Å². The molecule has 0 aliphatic heterocycles. The molecule has 2 aromatic heterocycles. The molecule has 0 saturated heterocycles. The maximum Gasteiger partial charge on any atom is 0.111 e. The number of rotatable bonds is 3. The monoisotopic (exact) mass is 232 g/mol. The zero-order chi connectivity index (χ0) is 12.6. The molecule has 2 aromatic rings. The minimum absolute atomic E-state index is 0.249. The second kappa shape index (κ2) is 4.11. The number of aromatic nitrogens is 3. The third-order valence-electron chi connectivity index (χ3n) is 2.69. The van der Waals surface area contributed by atoms with Crippen molar-refractivity contribution < 1.29 is 0 Å². The second-order valence-corrected chi connectivity index (χ2v) is 5.52. The summed E-state index contributed by atoms with van der Waals surface area (Å²) >= 11 is 0. The van der Waals surface area contributed by atoms with Gasteiger partial charge in [0.1, 0.15) is 11.3 Å². The summed E-state index contributed by atoms with van der Waals surface area (Å²) in [6, 6.07) is 2.38. The van der Waals surface area contributed by atoms with Crippen LogP contribution >= 0.6 is 0 Å². The van der Waals surface area contributed by atoms with E-state index in [4.69, 9.17) is 5.73 Å². The van der Waals surface area contributed by atoms with Crippen molar-refractivity contribution in [2.75, 3.05) is 0 Å². The van der Waals surface area contributed by atoms with Gasteiger partial charge in [0.15, 0.2) is 0 Å². The van der Waals surface area contributed by atoms with Crippen LogP contribution in [-0.2, 0) is 6.42 Å². The molecule has 4 heteroatoms. The number of nitrogens with two attached hydrogens (primary N) is 1. The largest absolute Gasteiger partial charge is 0.325 e. The third-order valence-corrected chi connectivity index (χ3v) is 2.69. The molecule has 0 atom stereocenters. The highest BCUT2D eigenvalue weighted by atomic mass is 15.1. The number of fused-ring (bicyclic) bond motifs is 1. The first-order valence-corrected chi connectivity index (χ1v) is 5.98. The van der Waals surface area contributed by atoms with Gasteiger partial charge in [0.05, 0.1) is 11.7 Å². The number of nitrogens with zero attached hydrogens (tertiary/aromatic N) is 3. The normalized spacial score (nSPS) is 12.6. The molecule has 0 unspecified atom stereocenters. The summed E-state index contributed by atoms with van der Waals surface area (Å²) in [4.78, 5) is 8.76. The quantitative estimate of drug-likeness (QED) is 0.883. The molecule has 4 nitrogen and oxygen atoms in total. The van der Waals surface area contributed by atoms with E-state index in [9.17, 15) is 0 Å². The van der Waals surface area contributed by atoms with Gasteiger partial charge in [-0.25, -0.2) is 4.98 Å². The lowest BCUT2D eigenvalue weighted by atomic mass is 10.0. The van der Waals surface area contributed by atoms with Crippen LogP contribution in [0, 0.1) is 0 Å². The first-order valence-electron chi connectivity index (χ1n) is 5.98. The van der Waals surface area contributed by atoms with E-state index in [-0.39, 0.29) is 5.54 Å². The SMILES string of the molecule is CC(C)n1c(CC(C)(C)N)nc2cnccc21. The highest BCUT2D eigenvalue weighted by molar-refractivity contribution is 5.74. The molecular weight excluding hydrogens is 212 g/mol. The molecule has 0 aliphatic carbocycles. The molecule has 17 heavy (non-hydrogen) atoms. The fourth-order valence-corrected chi connectivity index (χ4v) is 2.11. The number of hydrogen-bond acceptors (Lipinski definition) is 3. The molecule has 0 aromatic carbocycles. The third kappa shape index (κ3) is 2.47. The Morgan fingerprint density at radius 3 is 2.71 bits per heavy atom. The fourth-order valence-electron chi connectivity index (χ4n) is 2.11. The molecule has 2 N–H and O–H groups in total. The molecular formula is C13H20N4. The Morgan fingerprint density at radius 1 is 1.41 bits per heavy atom. The lowest BCUT2D eigenvalue weighted by Crippen LogP contribution is -2.35. The Morgan fingerprint density at radius 2 is 2.12 bits per heavy atom. The zero-order valence-electron chi connectivity index (χ0n) is 10.9. The highest BCUT2D eigenvalue weighted by Gasteiger charge is 2.19. The van der Waals surface area contributed by atoms with Crippen molar-refractivity contribution in [2.24, 2.45) is 5.73 Å². The molecule has 0 spiro atoms. The highest BCUT2D eigenvalue weighted by Crippen LogP contribution is 2.22. The molecule has 0 saturated carbocycles. The van der Waals surface area contributed by atoms with Gasteiger partial charge in [-0.3, -0.25) is 4.98 Å². The van der Waals surface area contributed by atoms with Crippen molar-refractivity contribution in [3.63, 3.8) is 0 Å². The molecule has 0 radical (unpaired) electrons. The number of imidazole rings is 1. The van der Waals surface area contributed by atoms with Crippen molar-refractivity contribution in [1.29, 1.82) is 0 Å². The minimum atomic E-state index is -0.249. The Kier molecular flexibility index (Phi) is 2.91. The molecule has 92 valence electrons. The van der Waals surface area contributed by atoms with Gasteiger partial charge in [-0.1, -0.05) is 0 Å². The predicted molar refractivity (Wildman–Crippen MR) is 69.9 cm³/mol. The summed E-state index contributed by atoms with van der Waals surface area (Å²) in [7, 11) is 0. The standard InChI is InChI=1S/C13H20N4/c1-9(2)17-11-5-6-15-8-10(11)16-12(17)7-13(3,4)14/h5-6,8-9H,7,14H2,1-4H3. The summed E-state index contributed by atoms with van der Waals surface area (Å²) in [6.07, 6.45) is 4.38. The summed E-state index contributed by atoms with van der Waals surface area (Å²) in [5.74, 6) is 1.04. The summed E-state index contributed by atoms with van der Waals surface area (Å²) < 4.78 is 2.24. The Balaban J connectivity index is 2.58. The van der Waals surface area contributed by atoms with Crippen molar-refractivity contribution in [3.05, 3.63) is 24.3 Å². The van der Waals surface area contributed by atoms with Crippen molar-refractivity contribution in [2.45, 2.75) is 45.7 Å². The lowest BCUT2D eigenvalue weighted by Gasteiger charge is -2.20. The Bertz CT molecular complexity index is 520. The molecule has 0 amide bonds. The van der Waals surface area contributed by atoms with Gasteiger partial charge in [-0.05, 0) is 33.8 Å². The average Bonchev–Trinajstić information content (AvgIpc) is 2.51. The van der Waals surface area contributed by atoms with Crippen molar-refractivity contribution in [1.82, 2.24) is 14.5 Å². The van der Waals surface area contributed by atoms with Gasteiger partial charge in [-0.15, -0.1) is 0 Å². The zero-order valence-corrected chi connectivity index (χ0v) is 10.9. The average molecular weight is 232 g/mol. The number of hydrogen-bond donors (Lipinski definition) is 1.